The number of carbonyl (C=O) groups is 2. The first-order valence-electron chi connectivity index (χ1n) is 12.9. The largest absolute Gasteiger partial charge is 0.507 e. The van der Waals surface area contributed by atoms with E-state index in [1.807, 2.05) is 13.0 Å². The topological polar surface area (TPSA) is 79.3 Å². The van der Waals surface area contributed by atoms with Gasteiger partial charge < -0.3 is 19.5 Å². The maximum atomic E-state index is 13.4. The van der Waals surface area contributed by atoms with Crippen molar-refractivity contribution in [3.63, 3.8) is 0 Å². The van der Waals surface area contributed by atoms with Crippen LogP contribution >= 0.6 is 23.2 Å². The Bertz CT molecular complexity index is 1220. The molecule has 0 spiro atoms. The first kappa shape index (κ1) is 28.4. The van der Waals surface area contributed by atoms with Gasteiger partial charge in [-0.15, -0.1) is 0 Å². The van der Waals surface area contributed by atoms with E-state index in [2.05, 4.69) is 18.7 Å². The molecule has 0 aliphatic carbocycles. The van der Waals surface area contributed by atoms with Crippen LogP contribution in [0.2, 0.25) is 10.0 Å². The first-order valence-corrected chi connectivity index (χ1v) is 13.7. The number of aryl methyl sites for hydroxylation is 1. The summed E-state index contributed by atoms with van der Waals surface area (Å²) in [5, 5.41) is 12.1. The van der Waals surface area contributed by atoms with Gasteiger partial charge in [0.1, 0.15) is 11.5 Å². The summed E-state index contributed by atoms with van der Waals surface area (Å²) in [6.45, 7) is 10.7. The zero-order valence-electron chi connectivity index (χ0n) is 22.0. The van der Waals surface area contributed by atoms with Crippen molar-refractivity contribution in [2.75, 3.05) is 46.0 Å². The lowest BCUT2D eigenvalue weighted by Crippen LogP contribution is -2.38. The number of aliphatic hydroxyl groups excluding tert-OH is 1. The van der Waals surface area contributed by atoms with E-state index in [9.17, 15) is 14.7 Å². The highest BCUT2D eigenvalue weighted by Gasteiger charge is 2.46. The molecular formula is C29H34Cl2N2O5. The zero-order valence-corrected chi connectivity index (χ0v) is 23.5. The highest BCUT2D eigenvalue weighted by atomic mass is 35.5. The number of nitrogens with zero attached hydrogens (tertiary/aromatic N) is 2. The first-order chi connectivity index (χ1) is 18.2. The van der Waals surface area contributed by atoms with Gasteiger partial charge in [-0.05, 0) is 60.7 Å². The Balaban J connectivity index is 1.68. The van der Waals surface area contributed by atoms with Crippen LogP contribution in [0.25, 0.3) is 5.76 Å². The lowest BCUT2D eigenvalue weighted by Gasteiger charge is -2.29. The van der Waals surface area contributed by atoms with Crippen molar-refractivity contribution in [1.29, 1.82) is 0 Å². The minimum Gasteiger partial charge on any atom is -0.507 e. The summed E-state index contributed by atoms with van der Waals surface area (Å²) in [5.41, 5.74) is 1.85. The molecule has 2 aliphatic heterocycles. The van der Waals surface area contributed by atoms with Gasteiger partial charge in [0.25, 0.3) is 11.7 Å². The third kappa shape index (κ3) is 6.34. The molecule has 1 N–H and O–H groups in total. The van der Waals surface area contributed by atoms with Crippen LogP contribution in [0.15, 0.2) is 42.0 Å². The molecule has 2 heterocycles. The van der Waals surface area contributed by atoms with Crippen LogP contribution in [0.5, 0.6) is 5.75 Å². The van der Waals surface area contributed by atoms with Gasteiger partial charge in [-0.3, -0.25) is 14.5 Å². The number of morpholine rings is 1. The van der Waals surface area contributed by atoms with Crippen molar-refractivity contribution in [3.8, 4) is 5.75 Å². The molecule has 0 bridgehead atoms. The SMILES string of the molecule is Cc1cc(OCC(C)C)ccc1C(O)=C1C(=O)C(=O)N(CCCN2CCOCC2)[C@H]1c1ccc(Cl)c(Cl)c1. The predicted molar refractivity (Wildman–Crippen MR) is 149 cm³/mol. The third-order valence-corrected chi connectivity index (χ3v) is 7.55. The smallest absolute Gasteiger partial charge is 0.295 e. The fraction of sp³-hybridized carbons (Fsp3) is 0.448. The quantitative estimate of drug-likeness (QED) is 0.248. The molecule has 0 unspecified atom stereocenters. The fourth-order valence-corrected chi connectivity index (χ4v) is 5.14. The molecule has 7 nitrogen and oxygen atoms in total. The van der Waals surface area contributed by atoms with Crippen LogP contribution in [0.1, 0.15) is 43.0 Å². The third-order valence-electron chi connectivity index (χ3n) is 6.81. The van der Waals surface area contributed by atoms with Crippen molar-refractivity contribution in [2.24, 2.45) is 5.92 Å². The number of benzene rings is 2. The second kappa shape index (κ2) is 12.5. The molecule has 0 aromatic heterocycles. The molecule has 2 aromatic carbocycles. The number of Topliss-reactive ketones (excluding diaryl/α,β-unsaturated/α-hetero) is 1. The lowest BCUT2D eigenvalue weighted by atomic mass is 9.94. The molecule has 2 aromatic rings. The van der Waals surface area contributed by atoms with Crippen LogP contribution in [0, 0.1) is 12.8 Å². The van der Waals surface area contributed by atoms with E-state index in [-0.39, 0.29) is 11.3 Å². The van der Waals surface area contributed by atoms with E-state index in [0.717, 1.165) is 25.2 Å². The van der Waals surface area contributed by atoms with Gasteiger partial charge in [-0.25, -0.2) is 0 Å². The molecule has 2 fully saturated rings. The summed E-state index contributed by atoms with van der Waals surface area (Å²) in [6, 6.07) is 9.55. The zero-order chi connectivity index (χ0) is 27.4. The minimum absolute atomic E-state index is 0.0405. The maximum absolute atomic E-state index is 13.4. The Morgan fingerprint density at radius 1 is 1.08 bits per heavy atom. The van der Waals surface area contributed by atoms with Crippen LogP contribution < -0.4 is 4.74 Å². The summed E-state index contributed by atoms with van der Waals surface area (Å²) in [7, 11) is 0. The average Bonchev–Trinajstić information content (AvgIpc) is 3.14. The predicted octanol–water partition coefficient (Wildman–Crippen LogP) is 5.48. The number of hydrogen-bond donors (Lipinski definition) is 1. The summed E-state index contributed by atoms with van der Waals surface area (Å²) >= 11 is 12.5. The Hall–Kier alpha value is -2.58. The molecule has 38 heavy (non-hydrogen) atoms. The fourth-order valence-electron chi connectivity index (χ4n) is 4.83. The monoisotopic (exact) mass is 560 g/mol. The van der Waals surface area contributed by atoms with Gasteiger partial charge in [0.2, 0.25) is 0 Å². The number of carbonyl (C=O) groups excluding carboxylic acids is 2. The van der Waals surface area contributed by atoms with Gasteiger partial charge in [-0.1, -0.05) is 43.1 Å². The van der Waals surface area contributed by atoms with Crippen molar-refractivity contribution < 1.29 is 24.2 Å². The molecule has 1 amide bonds. The van der Waals surface area contributed by atoms with Crippen LogP contribution in [-0.4, -0.2) is 72.6 Å². The van der Waals surface area contributed by atoms with Crippen molar-refractivity contribution in [2.45, 2.75) is 33.2 Å². The highest BCUT2D eigenvalue weighted by Crippen LogP contribution is 2.41. The second-order valence-electron chi connectivity index (χ2n) is 10.2. The van der Waals surface area contributed by atoms with Gasteiger partial charge in [-0.2, -0.15) is 0 Å². The lowest BCUT2D eigenvalue weighted by molar-refractivity contribution is -0.140. The van der Waals surface area contributed by atoms with E-state index in [1.54, 1.807) is 30.3 Å². The number of rotatable bonds is 9. The van der Waals surface area contributed by atoms with Gasteiger partial charge in [0, 0.05) is 31.7 Å². The Labute approximate surface area is 233 Å². The van der Waals surface area contributed by atoms with Crippen molar-refractivity contribution >= 4 is 40.7 Å². The number of halogens is 2. The number of ketones is 1. The van der Waals surface area contributed by atoms with Gasteiger partial charge in [0.05, 0.1) is 41.5 Å². The summed E-state index contributed by atoms with van der Waals surface area (Å²) < 4.78 is 11.2. The van der Waals surface area contributed by atoms with Crippen LogP contribution in [-0.2, 0) is 14.3 Å². The van der Waals surface area contributed by atoms with Crippen molar-refractivity contribution in [3.05, 3.63) is 68.7 Å². The van der Waals surface area contributed by atoms with E-state index in [1.165, 1.54) is 4.90 Å². The Morgan fingerprint density at radius 3 is 2.47 bits per heavy atom. The summed E-state index contributed by atoms with van der Waals surface area (Å²) in [4.78, 5) is 30.5. The molecular weight excluding hydrogens is 527 g/mol. The normalized spacial score (nSPS) is 19.9. The number of aliphatic hydroxyl groups is 1. The Kier molecular flexibility index (Phi) is 9.36. The number of ether oxygens (including phenoxy) is 2. The Morgan fingerprint density at radius 2 is 1.82 bits per heavy atom. The van der Waals surface area contributed by atoms with Crippen LogP contribution in [0.3, 0.4) is 0 Å². The molecule has 0 saturated carbocycles. The second-order valence-corrected chi connectivity index (χ2v) is 11.0. The van der Waals surface area contributed by atoms with Gasteiger partial charge >= 0.3 is 0 Å². The minimum atomic E-state index is -0.786. The molecule has 0 radical (unpaired) electrons. The highest BCUT2D eigenvalue weighted by molar-refractivity contribution is 6.47. The van der Waals surface area contributed by atoms with E-state index in [4.69, 9.17) is 32.7 Å². The molecule has 2 aliphatic rings. The number of likely N-dealkylation sites (tertiary alicyclic amines) is 1. The summed E-state index contributed by atoms with van der Waals surface area (Å²) in [5.74, 6) is -0.530. The number of amides is 1. The van der Waals surface area contributed by atoms with Crippen molar-refractivity contribution in [1.82, 2.24) is 9.80 Å². The van der Waals surface area contributed by atoms with E-state index in [0.29, 0.717) is 65.6 Å². The van der Waals surface area contributed by atoms with E-state index < -0.39 is 17.7 Å². The molecule has 2 saturated heterocycles. The van der Waals surface area contributed by atoms with E-state index >= 15 is 0 Å². The molecule has 9 heteroatoms. The molecule has 204 valence electrons. The maximum Gasteiger partial charge on any atom is 0.295 e. The van der Waals surface area contributed by atoms with Gasteiger partial charge in [0.15, 0.2) is 0 Å². The molecule has 4 rings (SSSR count). The average molecular weight is 562 g/mol. The van der Waals surface area contributed by atoms with Crippen LogP contribution in [0.4, 0.5) is 0 Å². The summed E-state index contributed by atoms with van der Waals surface area (Å²) in [6.07, 6.45) is 0.672. The number of hydrogen-bond acceptors (Lipinski definition) is 6. The standard InChI is InChI=1S/C29H34Cl2N2O5/c1-18(2)17-38-21-6-7-22(19(3)15-21)27(34)25-26(20-5-8-23(30)24(31)16-20)33(29(36)28(25)35)10-4-9-32-11-13-37-14-12-32/h5-8,15-16,18,26,34H,4,9-14,17H2,1-3H3/t26-/m0/s1. The molecule has 1 atom stereocenters.